The van der Waals surface area contributed by atoms with Gasteiger partial charge in [-0.2, -0.15) is 0 Å². The summed E-state index contributed by atoms with van der Waals surface area (Å²) < 4.78 is 5.13. The predicted octanol–water partition coefficient (Wildman–Crippen LogP) is 1.90. The lowest BCUT2D eigenvalue weighted by Gasteiger charge is -2.24. The lowest BCUT2D eigenvalue weighted by molar-refractivity contribution is 0.156. The first kappa shape index (κ1) is 17.3. The quantitative estimate of drug-likeness (QED) is 0.807. The third-order valence-electron chi connectivity index (χ3n) is 3.59. The lowest BCUT2D eigenvalue weighted by atomic mass is 10.0. The third-order valence-corrected chi connectivity index (χ3v) is 3.59. The Morgan fingerprint density at radius 3 is 2.48 bits per heavy atom. The molecule has 0 saturated heterocycles. The SMILES string of the molecule is COc1ccc(CC(C)CNC(=O)N(C)C(C)CO)cc1. The fraction of sp³-hybridized carbons (Fsp3) is 0.562. The van der Waals surface area contributed by atoms with Crippen molar-refractivity contribution in [1.29, 1.82) is 0 Å². The van der Waals surface area contributed by atoms with Gasteiger partial charge in [0.25, 0.3) is 0 Å². The van der Waals surface area contributed by atoms with Gasteiger partial charge < -0.3 is 20.1 Å². The van der Waals surface area contributed by atoms with Gasteiger partial charge in [0.1, 0.15) is 5.75 Å². The van der Waals surface area contributed by atoms with E-state index in [4.69, 9.17) is 9.84 Å². The highest BCUT2D eigenvalue weighted by molar-refractivity contribution is 5.74. The van der Waals surface area contributed by atoms with Crippen LogP contribution in [0.15, 0.2) is 24.3 Å². The standard InChI is InChI=1S/C16H26N2O3/c1-12(9-14-5-7-15(21-4)8-6-14)10-17-16(20)18(3)13(2)11-19/h5-8,12-13,19H,9-11H2,1-4H3,(H,17,20). The number of benzene rings is 1. The fourth-order valence-electron chi connectivity index (χ4n) is 1.95. The highest BCUT2D eigenvalue weighted by Gasteiger charge is 2.15. The van der Waals surface area contributed by atoms with E-state index in [0.717, 1.165) is 12.2 Å². The molecule has 0 heterocycles. The molecule has 21 heavy (non-hydrogen) atoms. The number of rotatable bonds is 7. The molecule has 0 aliphatic rings. The van der Waals surface area contributed by atoms with Crippen LogP contribution in [0.2, 0.25) is 0 Å². The lowest BCUT2D eigenvalue weighted by Crippen LogP contribution is -2.45. The number of urea groups is 1. The number of aliphatic hydroxyl groups is 1. The Labute approximate surface area is 126 Å². The van der Waals surface area contributed by atoms with Gasteiger partial charge in [-0.25, -0.2) is 4.79 Å². The second kappa shape index (κ2) is 8.52. The number of carbonyl (C=O) groups excluding carboxylic acids is 1. The van der Waals surface area contributed by atoms with E-state index >= 15 is 0 Å². The molecular weight excluding hydrogens is 268 g/mol. The first-order chi connectivity index (χ1) is 9.97. The van der Waals surface area contributed by atoms with E-state index in [9.17, 15) is 4.79 Å². The summed E-state index contributed by atoms with van der Waals surface area (Å²) in [6, 6.07) is 7.63. The Morgan fingerprint density at radius 2 is 1.95 bits per heavy atom. The first-order valence-corrected chi connectivity index (χ1v) is 7.22. The van der Waals surface area contributed by atoms with Gasteiger partial charge in [0.05, 0.1) is 19.8 Å². The van der Waals surface area contributed by atoms with Crippen LogP contribution in [-0.4, -0.2) is 49.4 Å². The molecule has 0 fully saturated rings. The average molecular weight is 294 g/mol. The van der Waals surface area contributed by atoms with Crippen molar-refractivity contribution in [2.24, 2.45) is 5.92 Å². The average Bonchev–Trinajstić information content (AvgIpc) is 2.51. The number of methoxy groups -OCH3 is 1. The summed E-state index contributed by atoms with van der Waals surface area (Å²) in [5.41, 5.74) is 1.22. The van der Waals surface area contributed by atoms with E-state index in [1.54, 1.807) is 21.1 Å². The van der Waals surface area contributed by atoms with Gasteiger partial charge in [0.15, 0.2) is 0 Å². The van der Waals surface area contributed by atoms with E-state index < -0.39 is 0 Å². The van der Waals surface area contributed by atoms with Crippen molar-refractivity contribution < 1.29 is 14.6 Å². The summed E-state index contributed by atoms with van der Waals surface area (Å²) in [5, 5.41) is 11.9. The minimum Gasteiger partial charge on any atom is -0.497 e. The van der Waals surface area contributed by atoms with Crippen LogP contribution in [-0.2, 0) is 6.42 Å². The highest BCUT2D eigenvalue weighted by Crippen LogP contribution is 2.14. The van der Waals surface area contributed by atoms with Crippen molar-refractivity contribution in [2.75, 3.05) is 27.3 Å². The summed E-state index contributed by atoms with van der Waals surface area (Å²) in [6.45, 7) is 4.47. The molecule has 118 valence electrons. The smallest absolute Gasteiger partial charge is 0.317 e. The second-order valence-corrected chi connectivity index (χ2v) is 5.49. The molecule has 1 aromatic rings. The van der Waals surface area contributed by atoms with Crippen LogP contribution < -0.4 is 10.1 Å². The zero-order valence-corrected chi connectivity index (χ0v) is 13.3. The highest BCUT2D eigenvalue weighted by atomic mass is 16.5. The molecule has 2 amide bonds. The van der Waals surface area contributed by atoms with Crippen molar-refractivity contribution in [3.63, 3.8) is 0 Å². The maximum Gasteiger partial charge on any atom is 0.317 e. The normalized spacial score (nSPS) is 13.4. The van der Waals surface area contributed by atoms with Crippen LogP contribution in [0.4, 0.5) is 4.79 Å². The van der Waals surface area contributed by atoms with Crippen molar-refractivity contribution in [2.45, 2.75) is 26.3 Å². The number of nitrogens with one attached hydrogen (secondary N) is 1. The second-order valence-electron chi connectivity index (χ2n) is 5.49. The largest absolute Gasteiger partial charge is 0.497 e. The van der Waals surface area contributed by atoms with E-state index in [-0.39, 0.29) is 18.7 Å². The summed E-state index contributed by atoms with van der Waals surface area (Å²) >= 11 is 0. The van der Waals surface area contributed by atoms with E-state index in [1.165, 1.54) is 10.5 Å². The Balaban J connectivity index is 2.39. The van der Waals surface area contributed by atoms with Gasteiger partial charge in [0.2, 0.25) is 0 Å². The number of hydrogen-bond acceptors (Lipinski definition) is 3. The molecule has 0 bridgehead atoms. The van der Waals surface area contributed by atoms with Gasteiger partial charge in [0, 0.05) is 13.6 Å². The molecular formula is C16H26N2O3. The summed E-state index contributed by atoms with van der Waals surface area (Å²) in [5.74, 6) is 1.18. The van der Waals surface area contributed by atoms with E-state index in [2.05, 4.69) is 12.2 Å². The summed E-state index contributed by atoms with van der Waals surface area (Å²) in [6.07, 6.45) is 0.892. The van der Waals surface area contributed by atoms with Crippen molar-refractivity contribution >= 4 is 6.03 Å². The zero-order chi connectivity index (χ0) is 15.8. The Kier molecular flexibility index (Phi) is 7.02. The fourth-order valence-corrected chi connectivity index (χ4v) is 1.95. The number of hydrogen-bond donors (Lipinski definition) is 2. The predicted molar refractivity (Wildman–Crippen MR) is 83.6 cm³/mol. The summed E-state index contributed by atoms with van der Waals surface area (Å²) in [4.78, 5) is 13.4. The van der Waals surface area contributed by atoms with Crippen molar-refractivity contribution in [1.82, 2.24) is 10.2 Å². The molecule has 5 nitrogen and oxygen atoms in total. The molecule has 2 atom stereocenters. The number of likely N-dealkylation sites (N-methyl/N-ethyl adjacent to an activating group) is 1. The Bertz CT molecular complexity index is 434. The summed E-state index contributed by atoms with van der Waals surface area (Å²) in [7, 11) is 3.33. The van der Waals surface area contributed by atoms with Gasteiger partial charge in [-0.15, -0.1) is 0 Å². The van der Waals surface area contributed by atoms with Crippen LogP contribution in [0.25, 0.3) is 0 Å². The molecule has 0 radical (unpaired) electrons. The monoisotopic (exact) mass is 294 g/mol. The molecule has 0 aliphatic carbocycles. The van der Waals surface area contributed by atoms with Crippen LogP contribution >= 0.6 is 0 Å². The van der Waals surface area contributed by atoms with Gasteiger partial charge in [-0.3, -0.25) is 0 Å². The van der Waals surface area contributed by atoms with E-state index in [1.807, 2.05) is 24.3 Å². The van der Waals surface area contributed by atoms with Gasteiger partial charge >= 0.3 is 6.03 Å². The number of nitrogens with zero attached hydrogens (tertiary/aromatic N) is 1. The van der Waals surface area contributed by atoms with Crippen LogP contribution in [0.3, 0.4) is 0 Å². The molecule has 2 N–H and O–H groups in total. The number of ether oxygens (including phenoxy) is 1. The Hall–Kier alpha value is -1.75. The third kappa shape index (κ3) is 5.63. The first-order valence-electron chi connectivity index (χ1n) is 7.22. The number of aliphatic hydroxyl groups excluding tert-OH is 1. The molecule has 0 aliphatic heterocycles. The molecule has 0 spiro atoms. The van der Waals surface area contributed by atoms with Crippen molar-refractivity contribution in [3.05, 3.63) is 29.8 Å². The van der Waals surface area contributed by atoms with Gasteiger partial charge in [-0.05, 0) is 37.0 Å². The maximum atomic E-state index is 11.9. The molecule has 1 rings (SSSR count). The Morgan fingerprint density at radius 1 is 1.33 bits per heavy atom. The molecule has 1 aromatic carbocycles. The van der Waals surface area contributed by atoms with Crippen LogP contribution in [0.5, 0.6) is 5.75 Å². The van der Waals surface area contributed by atoms with Crippen LogP contribution in [0.1, 0.15) is 19.4 Å². The minimum absolute atomic E-state index is 0.0364. The van der Waals surface area contributed by atoms with Crippen molar-refractivity contribution in [3.8, 4) is 5.75 Å². The van der Waals surface area contributed by atoms with Gasteiger partial charge in [-0.1, -0.05) is 19.1 Å². The minimum atomic E-state index is -0.179. The molecule has 0 saturated carbocycles. The van der Waals surface area contributed by atoms with Crippen LogP contribution in [0, 0.1) is 5.92 Å². The topological polar surface area (TPSA) is 61.8 Å². The zero-order valence-electron chi connectivity index (χ0n) is 13.3. The molecule has 2 unspecified atom stereocenters. The van der Waals surface area contributed by atoms with E-state index in [0.29, 0.717) is 12.5 Å². The molecule has 5 heteroatoms. The number of carbonyl (C=O) groups is 1. The number of amides is 2. The maximum absolute atomic E-state index is 11.9. The molecule has 0 aromatic heterocycles.